The molecule has 15 heavy (non-hydrogen) atoms. The van der Waals surface area contributed by atoms with Gasteiger partial charge in [-0.3, -0.25) is 4.79 Å². The highest BCUT2D eigenvalue weighted by Crippen LogP contribution is 2.05. The number of hydrogen-bond donors (Lipinski definition) is 1. The molecule has 0 amide bonds. The molecule has 0 spiro atoms. The number of nitrogens with one attached hydrogen (secondary N) is 1. The first-order valence-electron chi connectivity index (χ1n) is 4.43. The second-order valence-electron chi connectivity index (χ2n) is 2.80. The van der Waals surface area contributed by atoms with Gasteiger partial charge in [-0.25, -0.2) is 4.98 Å². The van der Waals surface area contributed by atoms with Crippen LogP contribution in [0.3, 0.4) is 0 Å². The highest BCUT2D eigenvalue weighted by atomic mass is 16.5. The van der Waals surface area contributed by atoms with Crippen LogP contribution in [0.4, 0.5) is 5.69 Å². The molecular formula is C10H11N3O2. The number of methoxy groups -OCH3 is 1. The van der Waals surface area contributed by atoms with Crippen molar-refractivity contribution >= 4 is 11.7 Å². The Bertz CT molecular complexity index is 367. The summed E-state index contributed by atoms with van der Waals surface area (Å²) in [5, 5.41) is 11.5. The number of nitriles is 1. The number of carbonyl (C=O) groups is 1. The molecule has 1 N–H and O–H groups in total. The Morgan fingerprint density at radius 1 is 1.67 bits per heavy atom. The number of nitrogens with zero attached hydrogens (tertiary/aromatic N) is 2. The van der Waals surface area contributed by atoms with Gasteiger partial charge in [0.05, 0.1) is 25.4 Å². The van der Waals surface area contributed by atoms with Gasteiger partial charge in [0.15, 0.2) is 0 Å². The number of esters is 1. The van der Waals surface area contributed by atoms with Gasteiger partial charge in [-0.15, -0.1) is 0 Å². The lowest BCUT2D eigenvalue weighted by Gasteiger charge is -2.04. The van der Waals surface area contributed by atoms with Crippen LogP contribution in [0.1, 0.15) is 12.1 Å². The van der Waals surface area contributed by atoms with Gasteiger partial charge in [-0.2, -0.15) is 5.26 Å². The van der Waals surface area contributed by atoms with E-state index in [9.17, 15) is 4.79 Å². The molecule has 0 aliphatic carbocycles. The van der Waals surface area contributed by atoms with Crippen LogP contribution in [0.15, 0.2) is 18.3 Å². The van der Waals surface area contributed by atoms with Crippen molar-refractivity contribution in [1.29, 1.82) is 5.26 Å². The third-order valence-corrected chi connectivity index (χ3v) is 1.76. The van der Waals surface area contributed by atoms with E-state index < -0.39 is 0 Å². The number of rotatable bonds is 4. The van der Waals surface area contributed by atoms with Crippen molar-refractivity contribution in [3.8, 4) is 6.07 Å². The fourth-order valence-electron chi connectivity index (χ4n) is 0.976. The number of pyridine rings is 1. The van der Waals surface area contributed by atoms with E-state index in [1.54, 1.807) is 18.3 Å². The molecule has 5 heteroatoms. The van der Waals surface area contributed by atoms with Crippen LogP contribution >= 0.6 is 0 Å². The Morgan fingerprint density at radius 2 is 2.47 bits per heavy atom. The zero-order valence-corrected chi connectivity index (χ0v) is 8.36. The lowest BCUT2D eigenvalue weighted by atomic mass is 10.3. The van der Waals surface area contributed by atoms with Gasteiger partial charge in [0.2, 0.25) is 0 Å². The molecule has 1 rings (SSSR count). The Kier molecular flexibility index (Phi) is 4.10. The summed E-state index contributed by atoms with van der Waals surface area (Å²) in [4.78, 5) is 14.7. The average Bonchev–Trinajstić information content (AvgIpc) is 2.29. The molecule has 1 heterocycles. The van der Waals surface area contributed by atoms with Crippen molar-refractivity contribution in [2.24, 2.45) is 0 Å². The fourth-order valence-corrected chi connectivity index (χ4v) is 0.976. The van der Waals surface area contributed by atoms with Crippen molar-refractivity contribution in [3.05, 3.63) is 24.0 Å². The van der Waals surface area contributed by atoms with Crippen LogP contribution in [0.25, 0.3) is 0 Å². The SMILES string of the molecule is COC(=O)CCNc1ccc(C#N)nc1. The third-order valence-electron chi connectivity index (χ3n) is 1.76. The molecule has 78 valence electrons. The normalized spacial score (nSPS) is 9.07. The van der Waals surface area contributed by atoms with Crippen molar-refractivity contribution in [3.63, 3.8) is 0 Å². The topological polar surface area (TPSA) is 75.0 Å². The molecule has 1 aromatic heterocycles. The Labute approximate surface area is 87.7 Å². The highest BCUT2D eigenvalue weighted by Gasteiger charge is 1.99. The summed E-state index contributed by atoms with van der Waals surface area (Å²) in [6, 6.07) is 5.28. The van der Waals surface area contributed by atoms with Crippen LogP contribution in [-0.4, -0.2) is 24.6 Å². The lowest BCUT2D eigenvalue weighted by molar-refractivity contribution is -0.140. The molecule has 0 aromatic carbocycles. The number of hydrogen-bond acceptors (Lipinski definition) is 5. The van der Waals surface area contributed by atoms with E-state index in [0.29, 0.717) is 18.7 Å². The molecule has 0 fully saturated rings. The quantitative estimate of drug-likeness (QED) is 0.740. The Balaban J connectivity index is 2.38. The monoisotopic (exact) mass is 205 g/mol. The summed E-state index contributed by atoms with van der Waals surface area (Å²) < 4.78 is 4.49. The molecule has 5 nitrogen and oxygen atoms in total. The maximum Gasteiger partial charge on any atom is 0.307 e. The second kappa shape index (κ2) is 5.60. The van der Waals surface area contributed by atoms with Crippen molar-refractivity contribution in [2.75, 3.05) is 19.0 Å². The van der Waals surface area contributed by atoms with E-state index in [-0.39, 0.29) is 5.97 Å². The molecule has 0 radical (unpaired) electrons. The zero-order valence-electron chi connectivity index (χ0n) is 8.36. The van der Waals surface area contributed by atoms with Gasteiger partial charge >= 0.3 is 5.97 Å². The second-order valence-corrected chi connectivity index (χ2v) is 2.80. The van der Waals surface area contributed by atoms with Crippen LogP contribution in [0.5, 0.6) is 0 Å². The molecular weight excluding hydrogens is 194 g/mol. The predicted molar refractivity (Wildman–Crippen MR) is 54.1 cm³/mol. The fraction of sp³-hybridized carbons (Fsp3) is 0.300. The molecule has 0 saturated heterocycles. The van der Waals surface area contributed by atoms with E-state index in [1.165, 1.54) is 7.11 Å². The van der Waals surface area contributed by atoms with Crippen LogP contribution in [-0.2, 0) is 9.53 Å². The van der Waals surface area contributed by atoms with Crippen LogP contribution < -0.4 is 5.32 Å². The molecule has 0 unspecified atom stereocenters. The summed E-state index contributed by atoms with van der Waals surface area (Å²) in [5.74, 6) is -0.260. The molecule has 0 aliphatic rings. The average molecular weight is 205 g/mol. The summed E-state index contributed by atoms with van der Waals surface area (Å²) >= 11 is 0. The zero-order chi connectivity index (χ0) is 11.1. The Morgan fingerprint density at radius 3 is 3.00 bits per heavy atom. The largest absolute Gasteiger partial charge is 0.469 e. The highest BCUT2D eigenvalue weighted by molar-refractivity contribution is 5.69. The first kappa shape index (κ1) is 11.0. The Hall–Kier alpha value is -2.09. The minimum absolute atomic E-state index is 0.260. The summed E-state index contributed by atoms with van der Waals surface area (Å²) in [7, 11) is 1.35. The molecule has 1 aromatic rings. The maximum atomic E-state index is 10.8. The predicted octanol–water partition coefficient (Wildman–Crippen LogP) is 0.928. The molecule has 0 bridgehead atoms. The van der Waals surface area contributed by atoms with Crippen LogP contribution in [0.2, 0.25) is 0 Å². The standard InChI is InChI=1S/C10H11N3O2/c1-15-10(14)4-5-12-9-3-2-8(6-11)13-7-9/h2-3,7,12H,4-5H2,1H3. The lowest BCUT2D eigenvalue weighted by Crippen LogP contribution is -2.09. The van der Waals surface area contributed by atoms with E-state index in [4.69, 9.17) is 5.26 Å². The van der Waals surface area contributed by atoms with Gasteiger partial charge < -0.3 is 10.1 Å². The van der Waals surface area contributed by atoms with E-state index in [2.05, 4.69) is 15.0 Å². The number of carbonyl (C=O) groups excluding carboxylic acids is 1. The van der Waals surface area contributed by atoms with Crippen molar-refractivity contribution in [2.45, 2.75) is 6.42 Å². The first-order valence-corrected chi connectivity index (χ1v) is 4.43. The molecule has 0 aliphatic heterocycles. The minimum atomic E-state index is -0.260. The number of aromatic nitrogens is 1. The summed E-state index contributed by atoms with van der Waals surface area (Å²) in [6.45, 7) is 0.486. The number of ether oxygens (including phenoxy) is 1. The smallest absolute Gasteiger partial charge is 0.307 e. The van der Waals surface area contributed by atoms with Gasteiger partial charge in [-0.1, -0.05) is 0 Å². The minimum Gasteiger partial charge on any atom is -0.469 e. The van der Waals surface area contributed by atoms with E-state index in [0.717, 1.165) is 5.69 Å². The third kappa shape index (κ3) is 3.65. The van der Waals surface area contributed by atoms with Crippen molar-refractivity contribution < 1.29 is 9.53 Å². The summed E-state index contributed by atoms with van der Waals surface area (Å²) in [5.41, 5.74) is 1.14. The van der Waals surface area contributed by atoms with Gasteiger partial charge in [0, 0.05) is 6.54 Å². The maximum absolute atomic E-state index is 10.8. The van der Waals surface area contributed by atoms with Gasteiger partial charge in [0.25, 0.3) is 0 Å². The van der Waals surface area contributed by atoms with Crippen LogP contribution in [0, 0.1) is 11.3 Å². The van der Waals surface area contributed by atoms with Gasteiger partial charge in [0.1, 0.15) is 11.8 Å². The molecule has 0 saturated carbocycles. The number of anilines is 1. The molecule has 0 atom stereocenters. The first-order chi connectivity index (χ1) is 7.26. The van der Waals surface area contributed by atoms with E-state index in [1.807, 2.05) is 6.07 Å². The van der Waals surface area contributed by atoms with E-state index >= 15 is 0 Å². The summed E-state index contributed by atoms with van der Waals surface area (Å²) in [6.07, 6.45) is 1.85. The van der Waals surface area contributed by atoms with Crippen molar-refractivity contribution in [1.82, 2.24) is 4.98 Å². The van der Waals surface area contributed by atoms with Gasteiger partial charge in [-0.05, 0) is 12.1 Å².